The molecule has 0 fully saturated rings. The maximum atomic E-state index is 5.73. The summed E-state index contributed by atoms with van der Waals surface area (Å²) in [5.74, 6) is 0.830. The van der Waals surface area contributed by atoms with E-state index in [4.69, 9.17) is 16.0 Å². The predicted molar refractivity (Wildman–Crippen MR) is 76.6 cm³/mol. The summed E-state index contributed by atoms with van der Waals surface area (Å²) >= 11 is 5.73. The molecule has 0 bridgehead atoms. The van der Waals surface area contributed by atoms with Gasteiger partial charge in [-0.3, -0.25) is 0 Å². The Hall–Kier alpha value is -1.61. The average Bonchev–Trinajstić information content (AvgIpc) is 2.73. The van der Waals surface area contributed by atoms with Crippen LogP contribution < -0.4 is 10.2 Å². The molecule has 0 aliphatic carbocycles. The quantitative estimate of drug-likeness (QED) is 0.907. The van der Waals surface area contributed by atoms with Crippen LogP contribution >= 0.6 is 11.6 Å². The second-order valence-electron chi connectivity index (χ2n) is 4.45. The molecule has 3 nitrogen and oxygen atoms in total. The number of benzene rings is 1. The maximum Gasteiger partial charge on any atom is 0.193 e. The standard InChI is InChI=1S/C14H17ClN2O/c1-10-8-11(17(2)3)4-6-13(10)16-9-12-5-7-14(15)18-12/h4-8,16H,9H2,1-3H3. The Morgan fingerprint density at radius 1 is 1.22 bits per heavy atom. The third-order valence-electron chi connectivity index (χ3n) is 2.81. The van der Waals surface area contributed by atoms with Gasteiger partial charge in [-0.15, -0.1) is 0 Å². The van der Waals surface area contributed by atoms with E-state index in [1.165, 1.54) is 11.3 Å². The van der Waals surface area contributed by atoms with Crippen LogP contribution in [0.5, 0.6) is 0 Å². The van der Waals surface area contributed by atoms with Crippen molar-refractivity contribution in [2.75, 3.05) is 24.3 Å². The molecule has 1 N–H and O–H groups in total. The zero-order chi connectivity index (χ0) is 13.1. The molecule has 0 amide bonds. The third kappa shape index (κ3) is 2.99. The van der Waals surface area contributed by atoms with Gasteiger partial charge < -0.3 is 14.6 Å². The molecule has 0 unspecified atom stereocenters. The van der Waals surface area contributed by atoms with Crippen molar-refractivity contribution in [1.82, 2.24) is 0 Å². The molecule has 0 atom stereocenters. The Morgan fingerprint density at radius 3 is 2.56 bits per heavy atom. The van der Waals surface area contributed by atoms with Crippen LogP contribution in [0.25, 0.3) is 0 Å². The minimum Gasteiger partial charge on any atom is -0.448 e. The van der Waals surface area contributed by atoms with E-state index in [1.54, 1.807) is 6.07 Å². The van der Waals surface area contributed by atoms with Gasteiger partial charge in [0.2, 0.25) is 0 Å². The van der Waals surface area contributed by atoms with Gasteiger partial charge in [-0.25, -0.2) is 0 Å². The SMILES string of the molecule is Cc1cc(N(C)C)ccc1NCc1ccc(Cl)o1. The Kier molecular flexibility index (Phi) is 3.82. The minimum absolute atomic E-state index is 0.423. The summed E-state index contributed by atoms with van der Waals surface area (Å²) in [6, 6.07) is 9.94. The molecule has 18 heavy (non-hydrogen) atoms. The fourth-order valence-electron chi connectivity index (χ4n) is 1.75. The Labute approximate surface area is 112 Å². The predicted octanol–water partition coefficient (Wildman–Crippen LogP) is 3.92. The molecule has 0 aliphatic rings. The molecule has 0 radical (unpaired) electrons. The first-order valence-corrected chi connectivity index (χ1v) is 6.20. The van der Waals surface area contributed by atoms with E-state index in [9.17, 15) is 0 Å². The summed E-state index contributed by atoms with van der Waals surface area (Å²) in [6.45, 7) is 2.72. The van der Waals surface area contributed by atoms with Crippen LogP contribution in [0.1, 0.15) is 11.3 Å². The van der Waals surface area contributed by atoms with Gasteiger partial charge >= 0.3 is 0 Å². The number of hydrogen-bond donors (Lipinski definition) is 1. The summed E-state index contributed by atoms with van der Waals surface area (Å²) in [4.78, 5) is 2.09. The van der Waals surface area contributed by atoms with Crippen molar-refractivity contribution in [3.63, 3.8) is 0 Å². The van der Waals surface area contributed by atoms with Crippen molar-refractivity contribution in [3.8, 4) is 0 Å². The van der Waals surface area contributed by atoms with Crippen LogP contribution in [-0.4, -0.2) is 14.1 Å². The minimum atomic E-state index is 0.423. The molecule has 1 aromatic carbocycles. The molecule has 4 heteroatoms. The van der Waals surface area contributed by atoms with Crippen LogP contribution in [0.2, 0.25) is 5.22 Å². The molecular weight excluding hydrogens is 248 g/mol. The number of nitrogens with zero attached hydrogens (tertiary/aromatic N) is 1. The van der Waals surface area contributed by atoms with Crippen LogP contribution in [0, 0.1) is 6.92 Å². The smallest absolute Gasteiger partial charge is 0.193 e. The van der Waals surface area contributed by atoms with Crippen molar-refractivity contribution < 1.29 is 4.42 Å². The van der Waals surface area contributed by atoms with E-state index in [-0.39, 0.29) is 0 Å². The monoisotopic (exact) mass is 264 g/mol. The van der Waals surface area contributed by atoms with Gasteiger partial charge in [0.15, 0.2) is 5.22 Å². The van der Waals surface area contributed by atoms with Crippen molar-refractivity contribution in [2.24, 2.45) is 0 Å². The van der Waals surface area contributed by atoms with Gasteiger partial charge in [-0.1, -0.05) is 0 Å². The Morgan fingerprint density at radius 2 is 2.00 bits per heavy atom. The molecule has 2 rings (SSSR count). The molecule has 1 heterocycles. The molecule has 1 aromatic heterocycles. The van der Waals surface area contributed by atoms with Gasteiger partial charge in [0.05, 0.1) is 6.54 Å². The van der Waals surface area contributed by atoms with Crippen molar-refractivity contribution in [1.29, 1.82) is 0 Å². The van der Waals surface area contributed by atoms with Crippen LogP contribution in [-0.2, 0) is 6.54 Å². The second-order valence-corrected chi connectivity index (χ2v) is 4.83. The van der Waals surface area contributed by atoms with Gasteiger partial charge in [-0.2, -0.15) is 0 Å². The largest absolute Gasteiger partial charge is 0.448 e. The Balaban J connectivity index is 2.05. The summed E-state index contributed by atoms with van der Waals surface area (Å²) in [7, 11) is 4.07. The van der Waals surface area contributed by atoms with E-state index in [1.807, 2.05) is 20.2 Å². The van der Waals surface area contributed by atoms with E-state index in [2.05, 4.69) is 35.3 Å². The number of hydrogen-bond acceptors (Lipinski definition) is 3. The molecule has 0 aliphatic heterocycles. The highest BCUT2D eigenvalue weighted by Crippen LogP contribution is 2.22. The molecule has 0 saturated heterocycles. The van der Waals surface area contributed by atoms with Gasteiger partial charge in [0.25, 0.3) is 0 Å². The zero-order valence-corrected chi connectivity index (χ0v) is 11.6. The molecule has 0 spiro atoms. The van der Waals surface area contributed by atoms with E-state index in [0.29, 0.717) is 11.8 Å². The Bertz CT molecular complexity index is 534. The topological polar surface area (TPSA) is 28.4 Å². The molecule has 96 valence electrons. The first-order chi connectivity index (χ1) is 8.56. The van der Waals surface area contributed by atoms with Crippen LogP contribution in [0.4, 0.5) is 11.4 Å². The van der Waals surface area contributed by atoms with E-state index >= 15 is 0 Å². The number of anilines is 2. The van der Waals surface area contributed by atoms with E-state index < -0.39 is 0 Å². The number of halogens is 1. The highest BCUT2D eigenvalue weighted by Gasteiger charge is 2.03. The lowest BCUT2D eigenvalue weighted by Gasteiger charge is -2.15. The third-order valence-corrected chi connectivity index (χ3v) is 3.01. The molecule has 2 aromatic rings. The lowest BCUT2D eigenvalue weighted by molar-refractivity contribution is 0.520. The van der Waals surface area contributed by atoms with Gasteiger partial charge in [0, 0.05) is 25.5 Å². The highest BCUT2D eigenvalue weighted by molar-refractivity contribution is 6.28. The number of rotatable bonds is 4. The lowest BCUT2D eigenvalue weighted by atomic mass is 10.1. The summed E-state index contributed by atoms with van der Waals surface area (Å²) in [5.41, 5.74) is 3.51. The highest BCUT2D eigenvalue weighted by atomic mass is 35.5. The number of nitrogens with one attached hydrogen (secondary N) is 1. The first-order valence-electron chi connectivity index (χ1n) is 5.82. The fourth-order valence-corrected chi connectivity index (χ4v) is 1.92. The number of furan rings is 1. The maximum absolute atomic E-state index is 5.73. The summed E-state index contributed by atoms with van der Waals surface area (Å²) in [5, 5.41) is 3.76. The zero-order valence-electron chi connectivity index (χ0n) is 10.8. The van der Waals surface area contributed by atoms with E-state index in [0.717, 1.165) is 11.4 Å². The van der Waals surface area contributed by atoms with Gasteiger partial charge in [-0.05, 0) is 54.4 Å². The summed E-state index contributed by atoms with van der Waals surface area (Å²) < 4.78 is 5.30. The van der Waals surface area contributed by atoms with Crippen molar-refractivity contribution >= 4 is 23.0 Å². The van der Waals surface area contributed by atoms with Gasteiger partial charge in [0.1, 0.15) is 5.76 Å². The second kappa shape index (κ2) is 5.36. The fraction of sp³-hybridized carbons (Fsp3) is 0.286. The first kappa shape index (κ1) is 12.8. The van der Waals surface area contributed by atoms with Crippen molar-refractivity contribution in [2.45, 2.75) is 13.5 Å². The number of aryl methyl sites for hydroxylation is 1. The summed E-state index contributed by atoms with van der Waals surface area (Å²) in [6.07, 6.45) is 0. The van der Waals surface area contributed by atoms with Crippen LogP contribution in [0.15, 0.2) is 34.7 Å². The average molecular weight is 265 g/mol. The van der Waals surface area contributed by atoms with Crippen LogP contribution in [0.3, 0.4) is 0 Å². The molecule has 0 saturated carbocycles. The molecular formula is C14H17ClN2O. The van der Waals surface area contributed by atoms with Crippen molar-refractivity contribution in [3.05, 3.63) is 46.9 Å². The normalized spacial score (nSPS) is 10.4. The lowest BCUT2D eigenvalue weighted by Crippen LogP contribution is -2.09.